The van der Waals surface area contributed by atoms with Gasteiger partial charge in [0.2, 0.25) is 0 Å². The number of amides is 1. The van der Waals surface area contributed by atoms with Crippen molar-refractivity contribution in [1.82, 2.24) is 0 Å². The Hall–Kier alpha value is -2.73. The van der Waals surface area contributed by atoms with Gasteiger partial charge in [-0.3, -0.25) is 4.79 Å². The van der Waals surface area contributed by atoms with Crippen LogP contribution in [0.1, 0.15) is 15.9 Å². The molecule has 0 aromatic heterocycles. The SMILES string of the molecule is Cc1cc(OCC(=O)Nc2cc(C(=O)O)ccc2O)ccc1Cl. The van der Waals surface area contributed by atoms with Gasteiger partial charge in [-0.05, 0) is 48.9 Å². The van der Waals surface area contributed by atoms with Crippen LogP contribution in [-0.2, 0) is 4.79 Å². The van der Waals surface area contributed by atoms with E-state index in [0.717, 1.165) is 5.56 Å². The smallest absolute Gasteiger partial charge is 0.335 e. The van der Waals surface area contributed by atoms with E-state index < -0.39 is 11.9 Å². The van der Waals surface area contributed by atoms with E-state index in [-0.39, 0.29) is 23.6 Å². The zero-order valence-electron chi connectivity index (χ0n) is 12.2. The van der Waals surface area contributed by atoms with Gasteiger partial charge < -0.3 is 20.3 Å². The van der Waals surface area contributed by atoms with Gasteiger partial charge in [0.15, 0.2) is 6.61 Å². The lowest BCUT2D eigenvalue weighted by Gasteiger charge is -2.10. The second kappa shape index (κ2) is 7.02. The third-order valence-corrected chi connectivity index (χ3v) is 3.44. The summed E-state index contributed by atoms with van der Waals surface area (Å²) in [6.45, 7) is 1.52. The Bertz CT molecular complexity index is 760. The van der Waals surface area contributed by atoms with Gasteiger partial charge in [-0.25, -0.2) is 4.79 Å². The van der Waals surface area contributed by atoms with E-state index in [0.29, 0.717) is 10.8 Å². The number of benzene rings is 2. The maximum atomic E-state index is 11.9. The van der Waals surface area contributed by atoms with Crippen molar-refractivity contribution in [2.45, 2.75) is 6.92 Å². The maximum absolute atomic E-state index is 11.9. The van der Waals surface area contributed by atoms with Gasteiger partial charge in [-0.15, -0.1) is 0 Å². The molecule has 0 aliphatic rings. The number of aryl methyl sites for hydroxylation is 1. The average molecular weight is 336 g/mol. The molecule has 0 radical (unpaired) electrons. The molecule has 3 N–H and O–H groups in total. The number of carboxylic acid groups (broad SMARTS) is 1. The molecular formula is C16H14ClNO5. The van der Waals surface area contributed by atoms with E-state index in [4.69, 9.17) is 21.4 Å². The first-order chi connectivity index (χ1) is 10.9. The molecule has 0 unspecified atom stereocenters. The number of halogens is 1. The van der Waals surface area contributed by atoms with Gasteiger partial charge >= 0.3 is 5.97 Å². The molecule has 0 saturated heterocycles. The highest BCUT2D eigenvalue weighted by Gasteiger charge is 2.11. The van der Waals surface area contributed by atoms with Crippen molar-refractivity contribution in [1.29, 1.82) is 0 Å². The van der Waals surface area contributed by atoms with Crippen LogP contribution in [0.4, 0.5) is 5.69 Å². The third kappa shape index (κ3) is 4.37. The van der Waals surface area contributed by atoms with E-state index in [1.807, 2.05) is 6.92 Å². The summed E-state index contributed by atoms with van der Waals surface area (Å²) in [5.41, 5.74) is 0.773. The van der Waals surface area contributed by atoms with Crippen molar-refractivity contribution in [2.24, 2.45) is 0 Å². The minimum Gasteiger partial charge on any atom is -0.506 e. The summed E-state index contributed by atoms with van der Waals surface area (Å²) in [7, 11) is 0. The fourth-order valence-electron chi connectivity index (χ4n) is 1.81. The summed E-state index contributed by atoms with van der Waals surface area (Å²) in [4.78, 5) is 22.7. The standard InChI is InChI=1S/C16H14ClNO5/c1-9-6-11(3-4-12(9)17)23-8-15(20)18-13-7-10(16(21)22)2-5-14(13)19/h2-7,19H,8H2,1H3,(H,18,20)(H,21,22). The van der Waals surface area contributed by atoms with Crippen molar-refractivity contribution in [3.63, 3.8) is 0 Å². The number of carbonyl (C=O) groups excluding carboxylic acids is 1. The summed E-state index contributed by atoms with van der Waals surface area (Å²) in [6, 6.07) is 8.58. The lowest BCUT2D eigenvalue weighted by molar-refractivity contribution is -0.118. The van der Waals surface area contributed by atoms with Crippen molar-refractivity contribution in [3.05, 3.63) is 52.5 Å². The Kier molecular flexibility index (Phi) is 5.08. The Morgan fingerprint density at radius 2 is 1.96 bits per heavy atom. The molecule has 7 heteroatoms. The van der Waals surface area contributed by atoms with Crippen LogP contribution >= 0.6 is 11.6 Å². The van der Waals surface area contributed by atoms with Crippen LogP contribution in [0.2, 0.25) is 5.02 Å². The number of aromatic hydroxyl groups is 1. The van der Waals surface area contributed by atoms with Crippen LogP contribution in [0, 0.1) is 6.92 Å². The normalized spacial score (nSPS) is 10.2. The largest absolute Gasteiger partial charge is 0.506 e. The first-order valence-electron chi connectivity index (χ1n) is 6.62. The zero-order chi connectivity index (χ0) is 17.0. The molecule has 0 aliphatic heterocycles. The molecule has 0 fully saturated rings. The van der Waals surface area contributed by atoms with Crippen LogP contribution < -0.4 is 10.1 Å². The Balaban J connectivity index is 2.00. The topological polar surface area (TPSA) is 95.9 Å². The number of hydrogen-bond acceptors (Lipinski definition) is 4. The third-order valence-electron chi connectivity index (χ3n) is 3.02. The lowest BCUT2D eigenvalue weighted by atomic mass is 10.2. The second-order valence-corrected chi connectivity index (χ2v) is 5.19. The Labute approximate surface area is 137 Å². The molecule has 0 aliphatic carbocycles. The molecular weight excluding hydrogens is 322 g/mol. The number of phenols is 1. The molecule has 2 rings (SSSR count). The summed E-state index contributed by atoms with van der Waals surface area (Å²) in [5, 5.41) is 21.6. The summed E-state index contributed by atoms with van der Waals surface area (Å²) < 4.78 is 5.32. The fraction of sp³-hybridized carbons (Fsp3) is 0.125. The molecule has 23 heavy (non-hydrogen) atoms. The van der Waals surface area contributed by atoms with Crippen LogP contribution in [0.15, 0.2) is 36.4 Å². The van der Waals surface area contributed by atoms with Gasteiger partial charge in [-0.1, -0.05) is 11.6 Å². The highest BCUT2D eigenvalue weighted by Crippen LogP contribution is 2.24. The molecule has 6 nitrogen and oxygen atoms in total. The minimum absolute atomic E-state index is 0.00536. The van der Waals surface area contributed by atoms with Crippen molar-refractivity contribution >= 4 is 29.2 Å². The van der Waals surface area contributed by atoms with Gasteiger partial charge in [0, 0.05) is 5.02 Å². The molecule has 1 amide bonds. The molecule has 0 saturated carbocycles. The molecule has 2 aromatic rings. The number of carbonyl (C=O) groups is 2. The average Bonchev–Trinajstić information content (AvgIpc) is 2.50. The van der Waals surface area contributed by atoms with Crippen LogP contribution in [0.25, 0.3) is 0 Å². The van der Waals surface area contributed by atoms with Crippen LogP contribution in [-0.4, -0.2) is 28.7 Å². The number of nitrogens with one attached hydrogen (secondary N) is 1. The number of phenolic OH excluding ortho intramolecular Hbond substituents is 1. The number of ether oxygens (including phenoxy) is 1. The van der Waals surface area contributed by atoms with E-state index in [1.54, 1.807) is 18.2 Å². The molecule has 2 aromatic carbocycles. The summed E-state index contributed by atoms with van der Waals surface area (Å²) in [6.07, 6.45) is 0. The van der Waals surface area contributed by atoms with Crippen LogP contribution in [0.3, 0.4) is 0 Å². The van der Waals surface area contributed by atoms with Gasteiger partial charge in [0.25, 0.3) is 5.91 Å². The number of aromatic carboxylic acids is 1. The van der Waals surface area contributed by atoms with Gasteiger partial charge in [-0.2, -0.15) is 0 Å². The minimum atomic E-state index is -1.16. The van der Waals surface area contributed by atoms with Crippen molar-refractivity contribution < 1.29 is 24.5 Å². The fourth-order valence-corrected chi connectivity index (χ4v) is 1.93. The Morgan fingerprint density at radius 3 is 2.61 bits per heavy atom. The summed E-state index contributed by atoms with van der Waals surface area (Å²) in [5.74, 6) is -1.44. The number of hydrogen-bond donors (Lipinski definition) is 3. The molecule has 0 bridgehead atoms. The molecule has 120 valence electrons. The first kappa shape index (κ1) is 16.6. The number of anilines is 1. The van der Waals surface area contributed by atoms with Crippen LogP contribution in [0.5, 0.6) is 11.5 Å². The highest BCUT2D eigenvalue weighted by molar-refractivity contribution is 6.31. The predicted molar refractivity (Wildman–Crippen MR) is 85.4 cm³/mol. The van der Waals surface area contributed by atoms with E-state index >= 15 is 0 Å². The molecule has 0 spiro atoms. The second-order valence-electron chi connectivity index (χ2n) is 4.78. The van der Waals surface area contributed by atoms with Crippen molar-refractivity contribution in [2.75, 3.05) is 11.9 Å². The maximum Gasteiger partial charge on any atom is 0.335 e. The monoisotopic (exact) mass is 335 g/mol. The van der Waals surface area contributed by atoms with E-state index in [1.165, 1.54) is 18.2 Å². The number of rotatable bonds is 5. The zero-order valence-corrected chi connectivity index (χ0v) is 12.9. The number of carboxylic acids is 1. The molecule has 0 heterocycles. The summed E-state index contributed by atoms with van der Waals surface area (Å²) >= 11 is 5.90. The van der Waals surface area contributed by atoms with Gasteiger partial charge in [0.05, 0.1) is 11.3 Å². The lowest BCUT2D eigenvalue weighted by Crippen LogP contribution is -2.20. The molecule has 0 atom stereocenters. The highest BCUT2D eigenvalue weighted by atomic mass is 35.5. The van der Waals surface area contributed by atoms with E-state index in [2.05, 4.69) is 5.32 Å². The van der Waals surface area contributed by atoms with E-state index in [9.17, 15) is 14.7 Å². The van der Waals surface area contributed by atoms with Crippen molar-refractivity contribution in [3.8, 4) is 11.5 Å². The van der Waals surface area contributed by atoms with Gasteiger partial charge in [0.1, 0.15) is 11.5 Å². The predicted octanol–water partition coefficient (Wildman–Crippen LogP) is 3.07. The Morgan fingerprint density at radius 1 is 1.22 bits per heavy atom. The quantitative estimate of drug-likeness (QED) is 0.730. The first-order valence-corrected chi connectivity index (χ1v) is 6.99.